The van der Waals surface area contributed by atoms with Gasteiger partial charge in [-0.3, -0.25) is 4.72 Å². The molecule has 0 fully saturated rings. The van der Waals surface area contributed by atoms with Crippen molar-refractivity contribution < 1.29 is 22.7 Å². The van der Waals surface area contributed by atoms with Crippen LogP contribution in [0.4, 0.5) is 21.9 Å². The summed E-state index contributed by atoms with van der Waals surface area (Å²) in [5, 5.41) is 5.89. The predicted octanol–water partition coefficient (Wildman–Crippen LogP) is 5.46. The minimum Gasteiger partial charge on any atom is -0.493 e. The van der Waals surface area contributed by atoms with Gasteiger partial charge < -0.3 is 20.1 Å². The van der Waals surface area contributed by atoms with Crippen molar-refractivity contribution in [2.45, 2.75) is 4.90 Å². The fourth-order valence-electron chi connectivity index (χ4n) is 2.75. The molecule has 0 spiro atoms. The lowest BCUT2D eigenvalue weighted by molar-refractivity contribution is 0.262. The third-order valence-electron chi connectivity index (χ3n) is 4.18. The van der Waals surface area contributed by atoms with Crippen molar-refractivity contribution in [3.63, 3.8) is 0 Å². The van der Waals surface area contributed by atoms with Gasteiger partial charge in [-0.05, 0) is 54.6 Å². The van der Waals surface area contributed by atoms with Gasteiger partial charge in [-0.1, -0.05) is 23.2 Å². The van der Waals surface area contributed by atoms with Crippen LogP contribution in [-0.2, 0) is 10.0 Å². The topological polar surface area (TPSA) is 106 Å². The molecule has 3 rings (SSSR count). The third kappa shape index (κ3) is 5.97. The van der Waals surface area contributed by atoms with Crippen LogP contribution in [0.25, 0.3) is 0 Å². The number of amides is 2. The summed E-state index contributed by atoms with van der Waals surface area (Å²) in [4.78, 5) is 12.3. The van der Waals surface area contributed by atoms with Crippen LogP contribution in [0.3, 0.4) is 0 Å². The summed E-state index contributed by atoms with van der Waals surface area (Å²) in [6, 6.07) is 14.5. The van der Waals surface area contributed by atoms with Gasteiger partial charge in [0.25, 0.3) is 10.0 Å². The number of rotatable bonds is 7. The molecule has 3 aromatic carbocycles. The minimum atomic E-state index is -3.88. The number of hydrogen-bond acceptors (Lipinski definition) is 5. The van der Waals surface area contributed by atoms with Crippen LogP contribution < -0.4 is 24.8 Å². The highest BCUT2D eigenvalue weighted by Crippen LogP contribution is 2.30. The summed E-state index contributed by atoms with van der Waals surface area (Å²) in [5.41, 5.74) is 1.12. The molecule has 0 saturated heterocycles. The van der Waals surface area contributed by atoms with Crippen LogP contribution in [0.5, 0.6) is 11.5 Å². The summed E-state index contributed by atoms with van der Waals surface area (Å²) in [5.74, 6) is 0.997. The number of carbonyl (C=O) groups is 1. The number of ether oxygens (including phenoxy) is 2. The standard InChI is InChI=1S/C21H19Cl2N3O5S/c1-30-19-8-5-16(12-20(19)31-2)25-21(27)24-15-3-6-18(7-4-15)32(28,29)26-17-10-13(22)9-14(23)11-17/h3-12,26H,1-2H3,(H2,24,25,27). The smallest absolute Gasteiger partial charge is 0.323 e. The number of methoxy groups -OCH3 is 2. The Balaban J connectivity index is 1.66. The van der Waals surface area contributed by atoms with Crippen molar-refractivity contribution in [3.05, 3.63) is 70.7 Å². The lowest BCUT2D eigenvalue weighted by Gasteiger charge is -2.12. The second kappa shape index (κ2) is 9.99. The zero-order chi connectivity index (χ0) is 23.3. The molecular weight excluding hydrogens is 477 g/mol. The lowest BCUT2D eigenvalue weighted by atomic mass is 10.2. The van der Waals surface area contributed by atoms with Crippen molar-refractivity contribution in [2.24, 2.45) is 0 Å². The Morgan fingerprint density at radius 1 is 0.750 bits per heavy atom. The Kier molecular flexibility index (Phi) is 7.34. The van der Waals surface area contributed by atoms with Gasteiger partial charge in [-0.2, -0.15) is 0 Å². The largest absolute Gasteiger partial charge is 0.493 e. The summed E-state index contributed by atoms with van der Waals surface area (Å²) in [6.45, 7) is 0. The van der Waals surface area contributed by atoms with Gasteiger partial charge in [0.15, 0.2) is 11.5 Å². The van der Waals surface area contributed by atoms with E-state index in [9.17, 15) is 13.2 Å². The molecule has 0 aliphatic heterocycles. The number of halogens is 2. The summed E-state index contributed by atoms with van der Waals surface area (Å²) in [7, 11) is -0.868. The van der Waals surface area contributed by atoms with Gasteiger partial charge in [0.05, 0.1) is 24.8 Å². The van der Waals surface area contributed by atoms with Crippen molar-refractivity contribution in [2.75, 3.05) is 29.6 Å². The van der Waals surface area contributed by atoms with Crippen molar-refractivity contribution in [3.8, 4) is 11.5 Å². The number of sulfonamides is 1. The van der Waals surface area contributed by atoms with Crippen LogP contribution in [0.1, 0.15) is 0 Å². The van der Waals surface area contributed by atoms with E-state index in [4.69, 9.17) is 32.7 Å². The van der Waals surface area contributed by atoms with E-state index < -0.39 is 16.1 Å². The number of nitrogens with one attached hydrogen (secondary N) is 3. The molecule has 168 valence electrons. The minimum absolute atomic E-state index is 0.000512. The molecule has 8 nitrogen and oxygen atoms in total. The monoisotopic (exact) mass is 495 g/mol. The molecule has 2 amide bonds. The third-order valence-corrected chi connectivity index (χ3v) is 6.01. The normalized spacial score (nSPS) is 10.9. The molecule has 0 heterocycles. The van der Waals surface area contributed by atoms with E-state index in [1.54, 1.807) is 18.2 Å². The van der Waals surface area contributed by atoms with E-state index in [1.807, 2.05) is 0 Å². The summed E-state index contributed by atoms with van der Waals surface area (Å²) >= 11 is 11.8. The first-order valence-corrected chi connectivity index (χ1v) is 11.3. The van der Waals surface area contributed by atoms with E-state index in [2.05, 4.69) is 15.4 Å². The van der Waals surface area contributed by atoms with Crippen LogP contribution in [-0.4, -0.2) is 28.7 Å². The molecule has 0 unspecified atom stereocenters. The van der Waals surface area contributed by atoms with E-state index in [-0.39, 0.29) is 10.6 Å². The second-order valence-corrected chi connectivity index (χ2v) is 8.99. The van der Waals surface area contributed by atoms with Gasteiger partial charge in [-0.15, -0.1) is 0 Å². The molecule has 3 aromatic rings. The van der Waals surface area contributed by atoms with Crippen LogP contribution in [0, 0.1) is 0 Å². The number of hydrogen-bond donors (Lipinski definition) is 3. The van der Waals surface area contributed by atoms with Gasteiger partial charge in [0.1, 0.15) is 0 Å². The first-order chi connectivity index (χ1) is 15.2. The zero-order valence-electron chi connectivity index (χ0n) is 17.0. The maximum atomic E-state index is 12.6. The predicted molar refractivity (Wildman–Crippen MR) is 126 cm³/mol. The average molecular weight is 496 g/mol. The Labute approximate surface area is 195 Å². The van der Waals surface area contributed by atoms with E-state index >= 15 is 0 Å². The molecule has 0 aliphatic carbocycles. The summed E-state index contributed by atoms with van der Waals surface area (Å²) < 4.78 is 38.0. The van der Waals surface area contributed by atoms with Gasteiger partial charge in [0.2, 0.25) is 0 Å². The van der Waals surface area contributed by atoms with Crippen LogP contribution in [0.15, 0.2) is 65.6 Å². The molecule has 11 heteroatoms. The van der Waals surface area contributed by atoms with Gasteiger partial charge >= 0.3 is 6.03 Å². The molecular formula is C21H19Cl2N3O5S. The molecule has 0 aliphatic rings. The number of benzene rings is 3. The Bertz CT molecular complexity index is 1210. The average Bonchev–Trinajstić information content (AvgIpc) is 2.72. The SMILES string of the molecule is COc1ccc(NC(=O)Nc2ccc(S(=O)(=O)Nc3cc(Cl)cc(Cl)c3)cc2)cc1OC. The number of anilines is 3. The molecule has 0 aromatic heterocycles. The maximum Gasteiger partial charge on any atom is 0.323 e. The lowest BCUT2D eigenvalue weighted by Crippen LogP contribution is -2.19. The first-order valence-electron chi connectivity index (χ1n) is 9.09. The molecule has 3 N–H and O–H groups in total. The molecule has 0 saturated carbocycles. The highest BCUT2D eigenvalue weighted by molar-refractivity contribution is 7.92. The fraction of sp³-hybridized carbons (Fsp3) is 0.0952. The maximum absolute atomic E-state index is 12.6. The number of carbonyl (C=O) groups excluding carboxylic acids is 1. The highest BCUT2D eigenvalue weighted by Gasteiger charge is 2.15. The highest BCUT2D eigenvalue weighted by atomic mass is 35.5. The van der Waals surface area contributed by atoms with Crippen molar-refractivity contribution in [1.82, 2.24) is 0 Å². The molecule has 0 bridgehead atoms. The molecule has 32 heavy (non-hydrogen) atoms. The van der Waals surface area contributed by atoms with E-state index in [0.717, 1.165) is 0 Å². The molecule has 0 radical (unpaired) electrons. The fourth-order valence-corrected chi connectivity index (χ4v) is 4.32. The first kappa shape index (κ1) is 23.5. The Hall–Kier alpha value is -3.14. The zero-order valence-corrected chi connectivity index (χ0v) is 19.3. The number of urea groups is 1. The van der Waals surface area contributed by atoms with Crippen LogP contribution in [0.2, 0.25) is 10.0 Å². The van der Waals surface area contributed by atoms with E-state index in [1.165, 1.54) is 56.7 Å². The van der Waals surface area contributed by atoms with Crippen molar-refractivity contribution >= 4 is 56.3 Å². The summed E-state index contributed by atoms with van der Waals surface area (Å²) in [6.07, 6.45) is 0. The van der Waals surface area contributed by atoms with Crippen LogP contribution >= 0.6 is 23.2 Å². The van der Waals surface area contributed by atoms with Crippen molar-refractivity contribution in [1.29, 1.82) is 0 Å². The Morgan fingerprint density at radius 3 is 1.91 bits per heavy atom. The van der Waals surface area contributed by atoms with Gasteiger partial charge in [0, 0.05) is 27.5 Å². The van der Waals surface area contributed by atoms with Gasteiger partial charge in [-0.25, -0.2) is 13.2 Å². The quantitative estimate of drug-likeness (QED) is 0.403. The van der Waals surface area contributed by atoms with E-state index in [0.29, 0.717) is 32.9 Å². The Morgan fingerprint density at radius 2 is 1.31 bits per heavy atom. The molecule has 0 atom stereocenters. The second-order valence-electron chi connectivity index (χ2n) is 6.44.